The van der Waals surface area contributed by atoms with Crippen LogP contribution in [0.4, 0.5) is 5.69 Å². The molecule has 0 aromatic carbocycles. The van der Waals surface area contributed by atoms with Crippen LogP contribution in [0.1, 0.15) is 54.2 Å². The molecule has 1 heterocycles. The quantitative estimate of drug-likeness (QED) is 0.597. The van der Waals surface area contributed by atoms with Gasteiger partial charge in [-0.05, 0) is 25.7 Å². The van der Waals surface area contributed by atoms with Crippen LogP contribution in [0.5, 0.6) is 0 Å². The fourth-order valence-electron chi connectivity index (χ4n) is 2.12. The van der Waals surface area contributed by atoms with Gasteiger partial charge in [0.2, 0.25) is 5.91 Å². The number of rotatable bonds is 6. The molecular weight excluding hydrogens is 258 g/mol. The van der Waals surface area contributed by atoms with Crippen molar-refractivity contribution in [1.29, 1.82) is 0 Å². The fraction of sp³-hybridized carbons (Fsp3) is 0.615. The fourth-order valence-corrected chi connectivity index (χ4v) is 2.12. The predicted octanol–water partition coefficient (Wildman–Crippen LogP) is 0.268. The van der Waals surface area contributed by atoms with Crippen molar-refractivity contribution in [3.8, 4) is 0 Å². The van der Waals surface area contributed by atoms with E-state index in [9.17, 15) is 9.59 Å². The molecule has 0 radical (unpaired) electrons. The minimum absolute atomic E-state index is 0.0264. The van der Waals surface area contributed by atoms with Gasteiger partial charge in [0.25, 0.3) is 5.91 Å². The molecule has 2 aliphatic carbocycles. The number of anilines is 1. The van der Waals surface area contributed by atoms with Crippen LogP contribution >= 0.6 is 0 Å². The standard InChI is InChI=1S/C13H19N5O2/c14-10-11(7-1-2-7)17-18-12(10)13(20)15-6-5-9(19)16-8-3-4-8/h7-8H,1-6,14H2,(H,15,20)(H,16,19)(H,17,18). The molecule has 0 atom stereocenters. The molecule has 7 nitrogen and oxygen atoms in total. The van der Waals surface area contributed by atoms with Gasteiger partial charge in [-0.15, -0.1) is 0 Å². The zero-order chi connectivity index (χ0) is 14.1. The third kappa shape index (κ3) is 2.92. The van der Waals surface area contributed by atoms with E-state index in [4.69, 9.17) is 5.73 Å². The van der Waals surface area contributed by atoms with Gasteiger partial charge >= 0.3 is 0 Å². The van der Waals surface area contributed by atoms with Crippen molar-refractivity contribution < 1.29 is 9.59 Å². The van der Waals surface area contributed by atoms with Gasteiger partial charge in [-0.3, -0.25) is 14.7 Å². The Labute approximate surface area is 116 Å². The summed E-state index contributed by atoms with van der Waals surface area (Å²) < 4.78 is 0. The van der Waals surface area contributed by atoms with Crippen molar-refractivity contribution in [2.45, 2.75) is 44.1 Å². The van der Waals surface area contributed by atoms with Crippen molar-refractivity contribution in [2.75, 3.05) is 12.3 Å². The van der Waals surface area contributed by atoms with Crippen molar-refractivity contribution in [2.24, 2.45) is 0 Å². The van der Waals surface area contributed by atoms with Gasteiger partial charge in [-0.25, -0.2) is 0 Å². The number of nitrogens with two attached hydrogens (primary N) is 1. The van der Waals surface area contributed by atoms with Gasteiger partial charge in [-0.1, -0.05) is 0 Å². The topological polar surface area (TPSA) is 113 Å². The average Bonchev–Trinajstić information content (AvgIpc) is 3.31. The number of aromatic amines is 1. The Morgan fingerprint density at radius 2 is 2.05 bits per heavy atom. The van der Waals surface area contributed by atoms with Gasteiger partial charge in [-0.2, -0.15) is 5.10 Å². The van der Waals surface area contributed by atoms with Crippen molar-refractivity contribution in [3.63, 3.8) is 0 Å². The molecule has 2 amide bonds. The van der Waals surface area contributed by atoms with Crippen LogP contribution in [-0.4, -0.2) is 34.6 Å². The highest BCUT2D eigenvalue weighted by Crippen LogP contribution is 2.42. The van der Waals surface area contributed by atoms with Crippen LogP contribution in [0.2, 0.25) is 0 Å². The Morgan fingerprint density at radius 3 is 2.70 bits per heavy atom. The summed E-state index contributed by atoms with van der Waals surface area (Å²) in [5.41, 5.74) is 7.45. The van der Waals surface area contributed by atoms with Crippen LogP contribution in [0, 0.1) is 0 Å². The summed E-state index contributed by atoms with van der Waals surface area (Å²) in [7, 11) is 0. The van der Waals surface area contributed by atoms with Gasteiger partial charge in [0.05, 0.1) is 11.4 Å². The van der Waals surface area contributed by atoms with E-state index >= 15 is 0 Å². The number of nitrogens with zero attached hydrogens (tertiary/aromatic N) is 1. The van der Waals surface area contributed by atoms with Crippen LogP contribution < -0.4 is 16.4 Å². The van der Waals surface area contributed by atoms with Crippen LogP contribution in [0.15, 0.2) is 0 Å². The maximum absolute atomic E-state index is 11.9. The molecule has 0 bridgehead atoms. The lowest BCUT2D eigenvalue weighted by Crippen LogP contribution is -2.32. The number of nitrogen functional groups attached to an aromatic ring is 1. The van der Waals surface area contributed by atoms with E-state index in [0.717, 1.165) is 31.4 Å². The second-order valence-corrected chi connectivity index (χ2v) is 5.52. The third-order valence-electron chi connectivity index (χ3n) is 3.61. The number of aromatic nitrogens is 2. The first-order valence-corrected chi connectivity index (χ1v) is 7.06. The SMILES string of the molecule is Nc1c(C(=O)NCCC(=O)NC2CC2)n[nH]c1C1CC1. The second-order valence-electron chi connectivity index (χ2n) is 5.52. The maximum Gasteiger partial charge on any atom is 0.273 e. The molecule has 5 N–H and O–H groups in total. The summed E-state index contributed by atoms with van der Waals surface area (Å²) in [6.07, 6.45) is 4.59. The first-order valence-electron chi connectivity index (χ1n) is 7.06. The Bertz CT molecular complexity index is 531. The van der Waals surface area contributed by atoms with Crippen molar-refractivity contribution >= 4 is 17.5 Å². The zero-order valence-electron chi connectivity index (χ0n) is 11.2. The Hall–Kier alpha value is -2.05. The summed E-state index contributed by atoms with van der Waals surface area (Å²) in [4.78, 5) is 23.4. The lowest BCUT2D eigenvalue weighted by Gasteiger charge is -2.05. The summed E-state index contributed by atoms with van der Waals surface area (Å²) in [6, 6.07) is 0.348. The molecule has 1 aromatic rings. The average molecular weight is 277 g/mol. The lowest BCUT2D eigenvalue weighted by molar-refractivity contribution is -0.121. The molecule has 0 spiro atoms. The molecule has 3 rings (SSSR count). The first-order chi connectivity index (χ1) is 9.65. The van der Waals surface area contributed by atoms with E-state index in [1.165, 1.54) is 0 Å². The number of nitrogens with one attached hydrogen (secondary N) is 3. The normalized spacial score (nSPS) is 17.8. The largest absolute Gasteiger partial charge is 0.395 e. The molecule has 2 aliphatic rings. The lowest BCUT2D eigenvalue weighted by atomic mass is 10.2. The highest BCUT2D eigenvalue weighted by Gasteiger charge is 2.30. The molecule has 0 saturated heterocycles. The number of amides is 2. The van der Waals surface area contributed by atoms with E-state index in [-0.39, 0.29) is 23.9 Å². The van der Waals surface area contributed by atoms with E-state index in [1.807, 2.05) is 0 Å². The van der Waals surface area contributed by atoms with E-state index in [1.54, 1.807) is 0 Å². The molecular formula is C13H19N5O2. The zero-order valence-corrected chi connectivity index (χ0v) is 11.2. The molecule has 0 aliphatic heterocycles. The number of H-pyrrole nitrogens is 1. The molecule has 2 fully saturated rings. The molecule has 0 unspecified atom stereocenters. The molecule has 20 heavy (non-hydrogen) atoms. The highest BCUT2D eigenvalue weighted by molar-refractivity contribution is 5.97. The highest BCUT2D eigenvalue weighted by atomic mass is 16.2. The van der Waals surface area contributed by atoms with E-state index in [2.05, 4.69) is 20.8 Å². The van der Waals surface area contributed by atoms with Gasteiger partial charge in [0.15, 0.2) is 5.69 Å². The predicted molar refractivity (Wildman–Crippen MR) is 73.1 cm³/mol. The van der Waals surface area contributed by atoms with E-state index in [0.29, 0.717) is 24.2 Å². The molecule has 7 heteroatoms. The molecule has 108 valence electrons. The Kier molecular flexibility index (Phi) is 3.33. The first kappa shape index (κ1) is 13.0. The van der Waals surface area contributed by atoms with Gasteiger partial charge in [0, 0.05) is 24.9 Å². The summed E-state index contributed by atoms with van der Waals surface area (Å²) in [6.45, 7) is 0.294. The van der Waals surface area contributed by atoms with Gasteiger partial charge in [0.1, 0.15) is 0 Å². The number of carbonyl (C=O) groups excluding carboxylic acids is 2. The Morgan fingerprint density at radius 1 is 1.30 bits per heavy atom. The molecule has 1 aromatic heterocycles. The summed E-state index contributed by atoms with van der Waals surface area (Å²) in [5, 5.41) is 12.3. The van der Waals surface area contributed by atoms with Crippen molar-refractivity contribution in [1.82, 2.24) is 20.8 Å². The van der Waals surface area contributed by atoms with Crippen LogP contribution in [0.3, 0.4) is 0 Å². The Balaban J connectivity index is 1.47. The monoisotopic (exact) mass is 277 g/mol. The minimum atomic E-state index is -0.329. The summed E-state index contributed by atoms with van der Waals surface area (Å²) >= 11 is 0. The smallest absolute Gasteiger partial charge is 0.273 e. The maximum atomic E-state index is 11.9. The van der Waals surface area contributed by atoms with Crippen LogP contribution in [-0.2, 0) is 4.79 Å². The minimum Gasteiger partial charge on any atom is -0.395 e. The molecule has 2 saturated carbocycles. The number of carbonyl (C=O) groups is 2. The summed E-state index contributed by atoms with van der Waals surface area (Å²) in [5.74, 6) is 0.0692. The number of hydrogen-bond acceptors (Lipinski definition) is 4. The van der Waals surface area contributed by atoms with Crippen LogP contribution in [0.25, 0.3) is 0 Å². The number of hydrogen-bond donors (Lipinski definition) is 4. The van der Waals surface area contributed by atoms with E-state index < -0.39 is 0 Å². The van der Waals surface area contributed by atoms with Gasteiger partial charge < -0.3 is 16.4 Å². The van der Waals surface area contributed by atoms with Crippen molar-refractivity contribution in [3.05, 3.63) is 11.4 Å². The second kappa shape index (κ2) is 5.15. The third-order valence-corrected chi connectivity index (χ3v) is 3.61.